The zero-order valence-corrected chi connectivity index (χ0v) is 15.0. The molecule has 23 heavy (non-hydrogen) atoms. The highest BCUT2D eigenvalue weighted by molar-refractivity contribution is 7.99. The quantitative estimate of drug-likeness (QED) is 0.453. The first-order chi connectivity index (χ1) is 11.3. The lowest BCUT2D eigenvalue weighted by Crippen LogP contribution is -2.38. The van der Waals surface area contributed by atoms with E-state index in [1.807, 2.05) is 18.7 Å². The van der Waals surface area contributed by atoms with Crippen molar-refractivity contribution >= 4 is 23.4 Å². The molecule has 128 valence electrons. The van der Waals surface area contributed by atoms with Crippen LogP contribution in [0, 0.1) is 0 Å². The molecule has 1 aromatic carbocycles. The van der Waals surface area contributed by atoms with Gasteiger partial charge in [-0.15, -0.1) is 0 Å². The highest BCUT2D eigenvalue weighted by Gasteiger charge is 2.10. The van der Waals surface area contributed by atoms with Crippen molar-refractivity contribution in [1.29, 1.82) is 0 Å². The monoisotopic (exact) mass is 336 g/mol. The first-order valence-electron chi connectivity index (χ1n) is 8.27. The van der Waals surface area contributed by atoms with Crippen LogP contribution in [0.1, 0.15) is 12.5 Å². The summed E-state index contributed by atoms with van der Waals surface area (Å²) in [5.41, 5.74) is 2.58. The van der Waals surface area contributed by atoms with Crippen LogP contribution in [0.5, 0.6) is 0 Å². The van der Waals surface area contributed by atoms with Crippen molar-refractivity contribution in [3.63, 3.8) is 0 Å². The van der Waals surface area contributed by atoms with Gasteiger partial charge in [0.05, 0.1) is 6.61 Å². The third kappa shape index (κ3) is 6.31. The second-order valence-electron chi connectivity index (χ2n) is 5.32. The van der Waals surface area contributed by atoms with Crippen molar-refractivity contribution in [3.05, 3.63) is 29.8 Å². The molecule has 2 N–H and O–H groups in total. The van der Waals surface area contributed by atoms with Crippen molar-refractivity contribution in [2.75, 3.05) is 56.3 Å². The summed E-state index contributed by atoms with van der Waals surface area (Å²) < 4.78 is 5.31. The summed E-state index contributed by atoms with van der Waals surface area (Å²) in [6, 6.07) is 8.83. The molecule has 1 fully saturated rings. The predicted octanol–water partition coefficient (Wildman–Crippen LogP) is 1.94. The van der Waals surface area contributed by atoms with E-state index in [2.05, 4.69) is 44.8 Å². The van der Waals surface area contributed by atoms with Crippen molar-refractivity contribution in [1.82, 2.24) is 10.6 Å². The Kier molecular flexibility index (Phi) is 8.11. The lowest BCUT2D eigenvalue weighted by atomic mass is 10.2. The van der Waals surface area contributed by atoms with E-state index in [4.69, 9.17) is 4.74 Å². The number of aliphatic imine (C=N–C) groups is 1. The fourth-order valence-electron chi connectivity index (χ4n) is 2.44. The van der Waals surface area contributed by atoms with Gasteiger partial charge in [0.25, 0.3) is 0 Å². The van der Waals surface area contributed by atoms with Crippen LogP contribution in [0.3, 0.4) is 0 Å². The summed E-state index contributed by atoms with van der Waals surface area (Å²) in [5.74, 6) is 3.27. The zero-order valence-electron chi connectivity index (χ0n) is 14.2. The molecule has 0 saturated carbocycles. The number of hydrogen-bond donors (Lipinski definition) is 2. The van der Waals surface area contributed by atoms with E-state index in [1.54, 1.807) is 7.05 Å². The summed E-state index contributed by atoms with van der Waals surface area (Å²) in [4.78, 5) is 6.68. The summed E-state index contributed by atoms with van der Waals surface area (Å²) in [7, 11) is 1.79. The number of benzene rings is 1. The second-order valence-corrected chi connectivity index (χ2v) is 6.54. The molecule has 0 bridgehead atoms. The minimum absolute atomic E-state index is 0.694. The van der Waals surface area contributed by atoms with Crippen LogP contribution < -0.4 is 15.5 Å². The second kappa shape index (κ2) is 10.4. The molecule has 0 unspecified atom stereocenters. The van der Waals surface area contributed by atoms with Gasteiger partial charge in [-0.05, 0) is 24.6 Å². The van der Waals surface area contributed by atoms with Gasteiger partial charge >= 0.3 is 0 Å². The van der Waals surface area contributed by atoms with E-state index in [9.17, 15) is 0 Å². The van der Waals surface area contributed by atoms with Gasteiger partial charge in [-0.1, -0.05) is 12.1 Å². The number of guanidine groups is 1. The van der Waals surface area contributed by atoms with Gasteiger partial charge in [-0.2, -0.15) is 11.8 Å². The molecule has 1 aliphatic rings. The Hall–Kier alpha value is -1.40. The van der Waals surface area contributed by atoms with Gasteiger partial charge < -0.3 is 20.3 Å². The molecule has 0 aliphatic carbocycles. The smallest absolute Gasteiger partial charge is 0.191 e. The molecule has 1 saturated heterocycles. The van der Waals surface area contributed by atoms with E-state index in [0.717, 1.165) is 38.7 Å². The number of rotatable bonds is 7. The van der Waals surface area contributed by atoms with E-state index >= 15 is 0 Å². The van der Waals surface area contributed by atoms with Crippen molar-refractivity contribution in [2.24, 2.45) is 4.99 Å². The predicted molar refractivity (Wildman–Crippen MR) is 101 cm³/mol. The first kappa shape index (κ1) is 17.9. The van der Waals surface area contributed by atoms with Crippen LogP contribution >= 0.6 is 11.8 Å². The Bertz CT molecular complexity index is 472. The maximum atomic E-state index is 5.31. The lowest BCUT2D eigenvalue weighted by Gasteiger charge is -2.28. The topological polar surface area (TPSA) is 48.9 Å². The molecule has 1 aromatic rings. The number of ether oxygens (including phenoxy) is 1. The van der Waals surface area contributed by atoms with E-state index in [0.29, 0.717) is 6.61 Å². The minimum atomic E-state index is 0.694. The molecule has 0 atom stereocenters. The van der Waals surface area contributed by atoms with Crippen LogP contribution in [0.15, 0.2) is 29.3 Å². The SMILES string of the molecule is CCOCCNC(=NC)NCc1ccc(N2CCSCC2)cc1. The van der Waals surface area contributed by atoms with E-state index in [-0.39, 0.29) is 0 Å². The number of hydrogen-bond acceptors (Lipinski definition) is 4. The number of thioether (sulfide) groups is 1. The molecule has 1 aliphatic heterocycles. The summed E-state index contributed by atoms with van der Waals surface area (Å²) >= 11 is 2.04. The van der Waals surface area contributed by atoms with Crippen molar-refractivity contribution < 1.29 is 4.74 Å². The summed E-state index contributed by atoms with van der Waals surface area (Å²) in [5, 5.41) is 6.57. The summed E-state index contributed by atoms with van der Waals surface area (Å²) in [6.07, 6.45) is 0. The lowest BCUT2D eigenvalue weighted by molar-refractivity contribution is 0.152. The van der Waals surface area contributed by atoms with Crippen LogP contribution in [0.2, 0.25) is 0 Å². The Morgan fingerprint density at radius 2 is 1.96 bits per heavy atom. The molecule has 1 heterocycles. The molecule has 5 nitrogen and oxygen atoms in total. The van der Waals surface area contributed by atoms with Gasteiger partial charge in [0.15, 0.2) is 5.96 Å². The normalized spacial score (nSPS) is 15.6. The summed E-state index contributed by atoms with van der Waals surface area (Å²) in [6.45, 7) is 7.27. The minimum Gasteiger partial charge on any atom is -0.380 e. The molecule has 2 rings (SSSR count). The molecule has 0 aromatic heterocycles. The third-order valence-corrected chi connectivity index (χ3v) is 4.68. The average molecular weight is 337 g/mol. The van der Waals surface area contributed by atoms with E-state index < -0.39 is 0 Å². The molecule has 0 spiro atoms. The molecule has 6 heteroatoms. The molecular weight excluding hydrogens is 308 g/mol. The fraction of sp³-hybridized carbons (Fsp3) is 0.588. The standard InChI is InChI=1S/C17H28N4OS/c1-3-22-11-8-19-17(18-2)20-14-15-4-6-16(7-5-15)21-9-12-23-13-10-21/h4-7H,3,8-14H2,1-2H3,(H2,18,19,20). The van der Waals surface area contributed by atoms with Gasteiger partial charge in [-0.3, -0.25) is 4.99 Å². The largest absolute Gasteiger partial charge is 0.380 e. The van der Waals surface area contributed by atoms with Gasteiger partial charge in [0.2, 0.25) is 0 Å². The molecule has 0 amide bonds. The van der Waals surface area contributed by atoms with Crippen LogP contribution in [0.4, 0.5) is 5.69 Å². The van der Waals surface area contributed by atoms with Gasteiger partial charge in [0.1, 0.15) is 0 Å². The third-order valence-electron chi connectivity index (χ3n) is 3.74. The Morgan fingerprint density at radius 1 is 1.22 bits per heavy atom. The number of nitrogens with one attached hydrogen (secondary N) is 2. The first-order valence-corrected chi connectivity index (χ1v) is 9.43. The number of anilines is 1. The van der Waals surface area contributed by atoms with Crippen LogP contribution in [0.25, 0.3) is 0 Å². The Balaban J connectivity index is 1.76. The fourth-order valence-corrected chi connectivity index (χ4v) is 3.34. The van der Waals surface area contributed by atoms with Crippen molar-refractivity contribution in [2.45, 2.75) is 13.5 Å². The van der Waals surface area contributed by atoms with Gasteiger partial charge in [0, 0.05) is 57.0 Å². The van der Waals surface area contributed by atoms with Crippen molar-refractivity contribution in [3.8, 4) is 0 Å². The highest BCUT2D eigenvalue weighted by atomic mass is 32.2. The van der Waals surface area contributed by atoms with Crippen LogP contribution in [-0.2, 0) is 11.3 Å². The molecular formula is C17H28N4OS. The molecule has 0 radical (unpaired) electrons. The highest BCUT2D eigenvalue weighted by Crippen LogP contribution is 2.19. The maximum absolute atomic E-state index is 5.31. The van der Waals surface area contributed by atoms with Gasteiger partial charge in [-0.25, -0.2) is 0 Å². The van der Waals surface area contributed by atoms with Crippen LogP contribution in [-0.4, -0.2) is 57.4 Å². The van der Waals surface area contributed by atoms with E-state index in [1.165, 1.54) is 22.8 Å². The number of nitrogens with zero attached hydrogens (tertiary/aromatic N) is 2. The zero-order chi connectivity index (χ0) is 16.3. The average Bonchev–Trinajstić information content (AvgIpc) is 2.62. The Morgan fingerprint density at radius 3 is 2.61 bits per heavy atom. The Labute approximate surface area is 143 Å². The maximum Gasteiger partial charge on any atom is 0.191 e.